The number of hydrogen-bond acceptors (Lipinski definition) is 3. The molecule has 0 aliphatic rings. The standard InChI is InChI=1S/C10H13N3/c1-4-6-11-8(2)10-5-7-12-9(3)13-10/h1,5,7-8,11H,6H2,2-3H3. The number of hydrogen-bond donors (Lipinski definition) is 1. The van der Waals surface area contributed by atoms with Crippen molar-refractivity contribution in [1.29, 1.82) is 0 Å². The van der Waals surface area contributed by atoms with E-state index in [9.17, 15) is 0 Å². The summed E-state index contributed by atoms with van der Waals surface area (Å²) in [5.74, 6) is 3.31. The van der Waals surface area contributed by atoms with Crippen molar-refractivity contribution in [2.24, 2.45) is 0 Å². The molecule has 0 amide bonds. The Kier molecular flexibility index (Phi) is 3.41. The fourth-order valence-corrected chi connectivity index (χ4v) is 1.03. The molecule has 0 fully saturated rings. The lowest BCUT2D eigenvalue weighted by atomic mass is 10.2. The molecule has 0 saturated heterocycles. The molecule has 0 aromatic carbocycles. The average molecular weight is 175 g/mol. The summed E-state index contributed by atoms with van der Waals surface area (Å²) >= 11 is 0. The zero-order chi connectivity index (χ0) is 9.68. The molecule has 0 saturated carbocycles. The first kappa shape index (κ1) is 9.69. The molecule has 1 heterocycles. The predicted molar refractivity (Wildman–Crippen MR) is 52.0 cm³/mol. The van der Waals surface area contributed by atoms with Gasteiger partial charge in [0.05, 0.1) is 12.2 Å². The molecule has 3 nitrogen and oxygen atoms in total. The van der Waals surface area contributed by atoms with Crippen LogP contribution in [0.3, 0.4) is 0 Å². The molecule has 0 aliphatic carbocycles. The molecular weight excluding hydrogens is 162 g/mol. The van der Waals surface area contributed by atoms with E-state index in [1.54, 1.807) is 6.20 Å². The Morgan fingerprint density at radius 3 is 3.08 bits per heavy atom. The topological polar surface area (TPSA) is 37.8 Å². The van der Waals surface area contributed by atoms with Crippen LogP contribution in [-0.2, 0) is 0 Å². The lowest BCUT2D eigenvalue weighted by Crippen LogP contribution is -2.20. The maximum absolute atomic E-state index is 5.14. The summed E-state index contributed by atoms with van der Waals surface area (Å²) in [5, 5.41) is 3.15. The summed E-state index contributed by atoms with van der Waals surface area (Å²) in [5.41, 5.74) is 0.975. The lowest BCUT2D eigenvalue weighted by Gasteiger charge is -2.10. The van der Waals surface area contributed by atoms with E-state index in [4.69, 9.17) is 6.42 Å². The molecule has 1 rings (SSSR count). The Balaban J connectivity index is 2.66. The van der Waals surface area contributed by atoms with Gasteiger partial charge < -0.3 is 0 Å². The highest BCUT2D eigenvalue weighted by molar-refractivity contribution is 5.06. The quantitative estimate of drug-likeness (QED) is 0.698. The number of aromatic nitrogens is 2. The third-order valence-electron chi connectivity index (χ3n) is 1.75. The fourth-order valence-electron chi connectivity index (χ4n) is 1.03. The highest BCUT2D eigenvalue weighted by Crippen LogP contribution is 2.07. The van der Waals surface area contributed by atoms with Crippen LogP contribution >= 0.6 is 0 Å². The van der Waals surface area contributed by atoms with Crippen molar-refractivity contribution in [2.75, 3.05) is 6.54 Å². The molecule has 0 radical (unpaired) electrons. The minimum atomic E-state index is 0.178. The van der Waals surface area contributed by atoms with Gasteiger partial charge in [0.25, 0.3) is 0 Å². The first-order valence-corrected chi connectivity index (χ1v) is 4.20. The van der Waals surface area contributed by atoms with E-state index in [-0.39, 0.29) is 6.04 Å². The van der Waals surface area contributed by atoms with E-state index >= 15 is 0 Å². The predicted octanol–water partition coefficient (Wildman–Crippen LogP) is 1.07. The Morgan fingerprint density at radius 1 is 1.69 bits per heavy atom. The normalized spacial score (nSPS) is 12.1. The van der Waals surface area contributed by atoms with Crippen molar-refractivity contribution in [3.05, 3.63) is 23.8 Å². The highest BCUT2D eigenvalue weighted by Gasteiger charge is 2.04. The van der Waals surface area contributed by atoms with Crippen LogP contribution in [-0.4, -0.2) is 16.5 Å². The first-order chi connectivity index (χ1) is 6.24. The van der Waals surface area contributed by atoms with Gasteiger partial charge in [-0.3, -0.25) is 5.32 Å². The Bertz CT molecular complexity index is 314. The van der Waals surface area contributed by atoms with Gasteiger partial charge in [-0.05, 0) is 19.9 Å². The van der Waals surface area contributed by atoms with Crippen molar-refractivity contribution in [3.8, 4) is 12.3 Å². The molecule has 1 aromatic heterocycles. The maximum atomic E-state index is 5.14. The largest absolute Gasteiger partial charge is 0.298 e. The van der Waals surface area contributed by atoms with E-state index in [1.807, 2.05) is 19.9 Å². The van der Waals surface area contributed by atoms with Gasteiger partial charge in [0.2, 0.25) is 0 Å². The van der Waals surface area contributed by atoms with Crippen LogP contribution < -0.4 is 5.32 Å². The van der Waals surface area contributed by atoms with E-state index < -0.39 is 0 Å². The number of aryl methyl sites for hydroxylation is 1. The summed E-state index contributed by atoms with van der Waals surface area (Å²) in [4.78, 5) is 8.31. The van der Waals surface area contributed by atoms with E-state index in [1.165, 1.54) is 0 Å². The second-order valence-corrected chi connectivity index (χ2v) is 2.84. The third kappa shape index (κ3) is 2.85. The number of nitrogens with zero attached hydrogens (tertiary/aromatic N) is 2. The van der Waals surface area contributed by atoms with Crippen LogP contribution in [0.15, 0.2) is 12.3 Å². The van der Waals surface area contributed by atoms with Gasteiger partial charge >= 0.3 is 0 Å². The summed E-state index contributed by atoms with van der Waals surface area (Å²) in [6, 6.07) is 2.07. The Labute approximate surface area is 78.6 Å². The molecule has 0 bridgehead atoms. The highest BCUT2D eigenvalue weighted by atomic mass is 15.0. The lowest BCUT2D eigenvalue weighted by molar-refractivity contribution is 0.602. The maximum Gasteiger partial charge on any atom is 0.125 e. The Morgan fingerprint density at radius 2 is 2.46 bits per heavy atom. The van der Waals surface area contributed by atoms with E-state index in [2.05, 4.69) is 21.2 Å². The van der Waals surface area contributed by atoms with Crippen molar-refractivity contribution < 1.29 is 0 Å². The van der Waals surface area contributed by atoms with Crippen LogP contribution in [0.2, 0.25) is 0 Å². The molecule has 0 aliphatic heterocycles. The van der Waals surface area contributed by atoms with Crippen LogP contribution in [0.4, 0.5) is 0 Å². The van der Waals surface area contributed by atoms with E-state index in [0.717, 1.165) is 11.5 Å². The third-order valence-corrected chi connectivity index (χ3v) is 1.75. The van der Waals surface area contributed by atoms with Gasteiger partial charge in [-0.25, -0.2) is 9.97 Å². The summed E-state index contributed by atoms with van der Waals surface area (Å²) in [6.07, 6.45) is 6.90. The van der Waals surface area contributed by atoms with Gasteiger partial charge in [0.15, 0.2) is 0 Å². The second kappa shape index (κ2) is 4.58. The van der Waals surface area contributed by atoms with E-state index in [0.29, 0.717) is 6.54 Å². The van der Waals surface area contributed by atoms with Crippen molar-refractivity contribution in [1.82, 2.24) is 15.3 Å². The first-order valence-electron chi connectivity index (χ1n) is 4.20. The second-order valence-electron chi connectivity index (χ2n) is 2.84. The van der Waals surface area contributed by atoms with Gasteiger partial charge in [-0.15, -0.1) is 6.42 Å². The molecule has 1 atom stereocenters. The van der Waals surface area contributed by atoms with Crippen molar-refractivity contribution >= 4 is 0 Å². The minimum absolute atomic E-state index is 0.178. The van der Waals surface area contributed by atoms with Crippen molar-refractivity contribution in [3.63, 3.8) is 0 Å². The summed E-state index contributed by atoms with van der Waals surface area (Å²) in [7, 11) is 0. The Hall–Kier alpha value is -1.40. The fraction of sp³-hybridized carbons (Fsp3) is 0.400. The van der Waals surface area contributed by atoms with Crippen LogP contribution in [0.25, 0.3) is 0 Å². The zero-order valence-corrected chi connectivity index (χ0v) is 7.91. The molecule has 3 heteroatoms. The SMILES string of the molecule is C#CCNC(C)c1ccnc(C)n1. The number of rotatable bonds is 3. The molecular formula is C10H13N3. The molecule has 1 aromatic rings. The molecule has 0 spiro atoms. The van der Waals surface area contributed by atoms with Gasteiger partial charge in [0.1, 0.15) is 5.82 Å². The van der Waals surface area contributed by atoms with Gasteiger partial charge in [0, 0.05) is 12.2 Å². The zero-order valence-electron chi connectivity index (χ0n) is 7.91. The van der Waals surface area contributed by atoms with Crippen molar-refractivity contribution in [2.45, 2.75) is 19.9 Å². The number of terminal acetylenes is 1. The molecule has 13 heavy (non-hydrogen) atoms. The van der Waals surface area contributed by atoms with Crippen LogP contribution in [0, 0.1) is 19.3 Å². The monoisotopic (exact) mass is 175 g/mol. The van der Waals surface area contributed by atoms with Gasteiger partial charge in [-0.1, -0.05) is 5.92 Å². The smallest absolute Gasteiger partial charge is 0.125 e. The number of nitrogens with one attached hydrogen (secondary N) is 1. The van der Waals surface area contributed by atoms with Crippen LogP contribution in [0.5, 0.6) is 0 Å². The summed E-state index contributed by atoms with van der Waals surface area (Å²) < 4.78 is 0. The molecule has 68 valence electrons. The molecule has 1 N–H and O–H groups in total. The summed E-state index contributed by atoms with van der Waals surface area (Å²) in [6.45, 7) is 4.46. The minimum Gasteiger partial charge on any atom is -0.298 e. The molecule has 1 unspecified atom stereocenters. The van der Waals surface area contributed by atoms with Gasteiger partial charge in [-0.2, -0.15) is 0 Å². The average Bonchev–Trinajstić information content (AvgIpc) is 2.14. The van der Waals surface area contributed by atoms with Crippen LogP contribution in [0.1, 0.15) is 24.5 Å².